The van der Waals surface area contributed by atoms with Gasteiger partial charge in [-0.25, -0.2) is 13.8 Å². The fourth-order valence-corrected chi connectivity index (χ4v) is 5.11. The van der Waals surface area contributed by atoms with Gasteiger partial charge >= 0.3 is 0 Å². The van der Waals surface area contributed by atoms with E-state index in [-0.39, 0.29) is 24.1 Å². The molecule has 0 unspecified atom stereocenters. The molecule has 2 aliphatic heterocycles. The molecule has 9 heteroatoms. The molecule has 2 N–H and O–H groups in total. The van der Waals surface area contributed by atoms with Crippen molar-refractivity contribution in [3.05, 3.63) is 53.9 Å². The summed E-state index contributed by atoms with van der Waals surface area (Å²) in [6, 6.07) is 5.80. The number of ether oxygens (including phenoxy) is 1. The predicted octanol–water partition coefficient (Wildman–Crippen LogP) is 3.59. The lowest BCUT2D eigenvalue weighted by Gasteiger charge is -2.29. The van der Waals surface area contributed by atoms with E-state index in [0.717, 1.165) is 30.3 Å². The standard InChI is InChI=1S/C26H28F2N4O3/c1-35-23-5-4-17(27)11-19(23)25-20-12-22(30-26(20)29-13-21(25)28)16-6-9-31(10-7-16)14-24(34)32-8-2-3-18(32)15-33/h4-6,11-13,18,33H,2-3,7-10,14-15H2,1H3,(H,29,30)/t18-/m0/s1. The third-order valence-corrected chi connectivity index (χ3v) is 6.95. The molecule has 35 heavy (non-hydrogen) atoms. The van der Waals surface area contributed by atoms with E-state index in [9.17, 15) is 18.7 Å². The zero-order valence-electron chi connectivity index (χ0n) is 19.6. The van der Waals surface area contributed by atoms with Crippen molar-refractivity contribution in [3.63, 3.8) is 0 Å². The summed E-state index contributed by atoms with van der Waals surface area (Å²) in [7, 11) is 1.46. The molecule has 5 rings (SSSR count). The minimum atomic E-state index is -0.558. The highest BCUT2D eigenvalue weighted by atomic mass is 19.1. The zero-order valence-corrected chi connectivity index (χ0v) is 19.6. The average molecular weight is 483 g/mol. The number of carbonyl (C=O) groups excluding carboxylic acids is 1. The summed E-state index contributed by atoms with van der Waals surface area (Å²) < 4.78 is 34.3. The number of aromatic amines is 1. The van der Waals surface area contributed by atoms with Gasteiger partial charge in [0.2, 0.25) is 5.91 Å². The molecule has 0 radical (unpaired) electrons. The average Bonchev–Trinajstić information content (AvgIpc) is 3.52. The molecule has 7 nitrogen and oxygen atoms in total. The van der Waals surface area contributed by atoms with Gasteiger partial charge in [-0.3, -0.25) is 9.69 Å². The van der Waals surface area contributed by atoms with E-state index in [1.807, 2.05) is 6.07 Å². The van der Waals surface area contributed by atoms with Crippen LogP contribution in [0.2, 0.25) is 0 Å². The van der Waals surface area contributed by atoms with E-state index < -0.39 is 11.6 Å². The molecule has 0 spiro atoms. The van der Waals surface area contributed by atoms with Gasteiger partial charge in [-0.05, 0) is 49.1 Å². The van der Waals surface area contributed by atoms with Crippen LogP contribution in [0.15, 0.2) is 36.5 Å². The molecule has 1 aromatic carbocycles. The van der Waals surface area contributed by atoms with Gasteiger partial charge in [-0.15, -0.1) is 0 Å². The Morgan fingerprint density at radius 1 is 1.29 bits per heavy atom. The third kappa shape index (κ3) is 4.53. The molecule has 4 heterocycles. The van der Waals surface area contributed by atoms with Crippen LogP contribution in [0.1, 0.15) is 25.0 Å². The maximum absolute atomic E-state index is 14.9. The van der Waals surface area contributed by atoms with Crippen LogP contribution in [0.4, 0.5) is 8.78 Å². The highest BCUT2D eigenvalue weighted by Gasteiger charge is 2.29. The van der Waals surface area contributed by atoms with E-state index >= 15 is 0 Å². The van der Waals surface area contributed by atoms with Crippen molar-refractivity contribution in [2.75, 3.05) is 39.9 Å². The Balaban J connectivity index is 1.38. The van der Waals surface area contributed by atoms with Crippen molar-refractivity contribution in [2.45, 2.75) is 25.3 Å². The number of pyridine rings is 1. The van der Waals surface area contributed by atoms with Crippen LogP contribution in [0.5, 0.6) is 5.75 Å². The first-order valence-electron chi connectivity index (χ1n) is 11.8. The number of nitrogens with one attached hydrogen (secondary N) is 1. The number of methoxy groups -OCH3 is 1. The second-order valence-electron chi connectivity index (χ2n) is 9.05. The molecular weight excluding hydrogens is 454 g/mol. The minimum absolute atomic E-state index is 0.00822. The first-order valence-corrected chi connectivity index (χ1v) is 11.8. The number of fused-ring (bicyclic) bond motifs is 1. The van der Waals surface area contributed by atoms with Gasteiger partial charge in [0.15, 0.2) is 0 Å². The summed E-state index contributed by atoms with van der Waals surface area (Å²) in [5.41, 5.74) is 2.94. The van der Waals surface area contributed by atoms with Crippen LogP contribution in [-0.4, -0.2) is 76.7 Å². The van der Waals surface area contributed by atoms with Crippen LogP contribution in [0.25, 0.3) is 27.7 Å². The molecule has 0 bridgehead atoms. The normalized spacial score (nSPS) is 18.8. The van der Waals surface area contributed by atoms with Crippen molar-refractivity contribution < 1.29 is 23.4 Å². The van der Waals surface area contributed by atoms with E-state index in [2.05, 4.69) is 20.9 Å². The molecule has 1 saturated heterocycles. The maximum Gasteiger partial charge on any atom is 0.237 e. The summed E-state index contributed by atoms with van der Waals surface area (Å²) in [6.45, 7) is 2.35. The van der Waals surface area contributed by atoms with Gasteiger partial charge in [0.1, 0.15) is 23.0 Å². The number of benzene rings is 1. The number of H-pyrrole nitrogens is 1. The number of hydrogen-bond acceptors (Lipinski definition) is 5. The number of likely N-dealkylation sites (tertiary alicyclic amines) is 1. The van der Waals surface area contributed by atoms with Crippen molar-refractivity contribution in [1.82, 2.24) is 19.8 Å². The summed E-state index contributed by atoms with van der Waals surface area (Å²) in [4.78, 5) is 24.0. The summed E-state index contributed by atoms with van der Waals surface area (Å²) in [5, 5.41) is 10.0. The number of aromatic nitrogens is 2. The molecule has 2 aliphatic rings. The Morgan fingerprint density at radius 2 is 2.14 bits per heavy atom. The van der Waals surface area contributed by atoms with Crippen molar-refractivity contribution in [1.29, 1.82) is 0 Å². The summed E-state index contributed by atoms with van der Waals surface area (Å²) in [5.74, 6) is -0.612. The highest BCUT2D eigenvalue weighted by Crippen LogP contribution is 2.38. The van der Waals surface area contributed by atoms with Crippen LogP contribution < -0.4 is 4.74 Å². The number of carbonyl (C=O) groups is 1. The Labute approximate surface area is 202 Å². The molecule has 0 aliphatic carbocycles. The van der Waals surface area contributed by atoms with Crippen LogP contribution in [-0.2, 0) is 4.79 Å². The van der Waals surface area contributed by atoms with Crippen molar-refractivity contribution >= 4 is 22.5 Å². The molecular formula is C26H28F2N4O3. The quantitative estimate of drug-likeness (QED) is 0.561. The predicted molar refractivity (Wildman–Crippen MR) is 129 cm³/mol. The Bertz CT molecular complexity index is 1290. The molecule has 1 atom stereocenters. The SMILES string of the molecule is COc1ccc(F)cc1-c1c(F)cnc2[nH]c(C3=CCN(CC(=O)N4CCC[C@H]4CO)CC3)cc12. The maximum atomic E-state index is 14.9. The Morgan fingerprint density at radius 3 is 2.89 bits per heavy atom. The first-order chi connectivity index (χ1) is 17.0. The Kier molecular flexibility index (Phi) is 6.53. The van der Waals surface area contributed by atoms with E-state index in [1.54, 1.807) is 4.90 Å². The van der Waals surface area contributed by atoms with Gasteiger partial charge in [-0.2, -0.15) is 0 Å². The van der Waals surface area contributed by atoms with Gasteiger partial charge in [-0.1, -0.05) is 6.08 Å². The molecule has 0 saturated carbocycles. The molecule has 3 aromatic rings. The van der Waals surface area contributed by atoms with Crippen LogP contribution >= 0.6 is 0 Å². The lowest BCUT2D eigenvalue weighted by molar-refractivity contribution is -0.133. The van der Waals surface area contributed by atoms with Gasteiger partial charge < -0.3 is 19.7 Å². The number of amides is 1. The summed E-state index contributed by atoms with van der Waals surface area (Å²) >= 11 is 0. The lowest BCUT2D eigenvalue weighted by Crippen LogP contribution is -2.44. The second kappa shape index (κ2) is 9.75. The smallest absolute Gasteiger partial charge is 0.237 e. The minimum Gasteiger partial charge on any atom is -0.496 e. The van der Waals surface area contributed by atoms with Crippen molar-refractivity contribution in [3.8, 4) is 16.9 Å². The zero-order chi connectivity index (χ0) is 24.5. The van der Waals surface area contributed by atoms with Gasteiger partial charge in [0.25, 0.3) is 0 Å². The fraction of sp³-hybridized carbons (Fsp3) is 0.385. The van der Waals surface area contributed by atoms with Crippen LogP contribution in [0.3, 0.4) is 0 Å². The number of halogens is 2. The monoisotopic (exact) mass is 482 g/mol. The fourth-order valence-electron chi connectivity index (χ4n) is 5.11. The molecule has 2 aromatic heterocycles. The first kappa shape index (κ1) is 23.4. The van der Waals surface area contributed by atoms with E-state index in [1.165, 1.54) is 25.3 Å². The van der Waals surface area contributed by atoms with Gasteiger partial charge in [0, 0.05) is 41.8 Å². The number of nitrogens with zero attached hydrogens (tertiary/aromatic N) is 3. The number of rotatable bonds is 6. The van der Waals surface area contributed by atoms with E-state index in [4.69, 9.17) is 4.74 Å². The number of aliphatic hydroxyl groups is 1. The number of hydrogen-bond donors (Lipinski definition) is 2. The largest absolute Gasteiger partial charge is 0.496 e. The Hall–Kier alpha value is -3.30. The van der Waals surface area contributed by atoms with E-state index in [0.29, 0.717) is 54.9 Å². The third-order valence-electron chi connectivity index (χ3n) is 6.95. The molecule has 184 valence electrons. The molecule has 1 amide bonds. The summed E-state index contributed by atoms with van der Waals surface area (Å²) in [6.07, 6.45) is 5.69. The lowest BCUT2D eigenvalue weighted by atomic mass is 10.0. The topological polar surface area (TPSA) is 81.7 Å². The second-order valence-corrected chi connectivity index (χ2v) is 9.05. The van der Waals surface area contributed by atoms with Gasteiger partial charge in [0.05, 0.1) is 32.5 Å². The van der Waals surface area contributed by atoms with Crippen molar-refractivity contribution in [2.24, 2.45) is 0 Å². The number of aliphatic hydroxyl groups excluding tert-OH is 1. The highest BCUT2D eigenvalue weighted by molar-refractivity contribution is 5.97. The molecule has 1 fully saturated rings. The van der Waals surface area contributed by atoms with Crippen LogP contribution in [0, 0.1) is 11.6 Å².